The van der Waals surface area contributed by atoms with Crippen molar-refractivity contribution in [2.24, 2.45) is 0 Å². The summed E-state index contributed by atoms with van der Waals surface area (Å²) in [5, 5.41) is 12.8. The van der Waals surface area contributed by atoms with Gasteiger partial charge in [-0.3, -0.25) is 4.79 Å². The van der Waals surface area contributed by atoms with Crippen molar-refractivity contribution in [1.82, 2.24) is 0 Å². The Kier molecular flexibility index (Phi) is 8.66. The molecular weight excluding hydrogens is 467 g/mol. The molecule has 0 bridgehead atoms. The number of allylic oxidation sites excluding steroid dienone is 1. The molecule has 0 unspecified atom stereocenters. The molecule has 0 fully saturated rings. The van der Waals surface area contributed by atoms with Gasteiger partial charge < -0.3 is 14.8 Å². The number of anilines is 1. The molecule has 35 heavy (non-hydrogen) atoms. The number of hydrogen-bond acceptors (Lipinski definition) is 4. The third-order valence-corrected chi connectivity index (χ3v) is 5.58. The van der Waals surface area contributed by atoms with Crippen LogP contribution in [0.3, 0.4) is 0 Å². The fraction of sp³-hybridized carbons (Fsp3) is 0.143. The lowest BCUT2D eigenvalue weighted by Crippen LogP contribution is -2.13. The minimum Gasteiger partial charge on any atom is -0.493 e. The number of carbonyl (C=O) groups excluding carboxylic acids is 1. The number of hydrogen-bond donors (Lipinski definition) is 1. The van der Waals surface area contributed by atoms with E-state index in [1.807, 2.05) is 13.0 Å². The predicted octanol–water partition coefficient (Wildman–Crippen LogP) is 6.65. The van der Waals surface area contributed by atoms with Gasteiger partial charge in [-0.2, -0.15) is 5.26 Å². The van der Waals surface area contributed by atoms with Gasteiger partial charge in [0.15, 0.2) is 11.5 Å². The van der Waals surface area contributed by atoms with E-state index in [2.05, 4.69) is 11.9 Å². The van der Waals surface area contributed by atoms with Gasteiger partial charge in [-0.1, -0.05) is 41.9 Å². The Balaban J connectivity index is 1.91. The fourth-order valence-electron chi connectivity index (χ4n) is 3.34. The fourth-order valence-corrected chi connectivity index (χ4v) is 3.52. The third-order valence-electron chi connectivity index (χ3n) is 5.17. The van der Waals surface area contributed by atoms with Crippen molar-refractivity contribution in [1.29, 1.82) is 5.26 Å². The number of amides is 1. The Morgan fingerprint density at radius 2 is 1.97 bits per heavy atom. The lowest BCUT2D eigenvalue weighted by molar-refractivity contribution is -0.112. The molecule has 0 saturated carbocycles. The van der Waals surface area contributed by atoms with Gasteiger partial charge in [-0.25, -0.2) is 4.39 Å². The molecule has 0 atom stereocenters. The maximum atomic E-state index is 14.0. The Bertz CT molecular complexity index is 1330. The number of ether oxygens (including phenoxy) is 2. The summed E-state index contributed by atoms with van der Waals surface area (Å²) >= 11 is 6.12. The molecule has 0 aromatic heterocycles. The second kappa shape index (κ2) is 11.9. The molecule has 0 aliphatic carbocycles. The van der Waals surface area contributed by atoms with Crippen LogP contribution in [0.25, 0.3) is 6.08 Å². The van der Waals surface area contributed by atoms with Crippen molar-refractivity contribution in [3.05, 3.63) is 106 Å². The smallest absolute Gasteiger partial charge is 0.266 e. The number of methoxy groups -OCH3 is 1. The zero-order chi connectivity index (χ0) is 25.4. The van der Waals surface area contributed by atoms with Gasteiger partial charge in [-0.15, -0.1) is 6.58 Å². The van der Waals surface area contributed by atoms with E-state index in [0.717, 1.165) is 5.56 Å². The van der Waals surface area contributed by atoms with E-state index < -0.39 is 5.91 Å². The lowest BCUT2D eigenvalue weighted by Gasteiger charge is -2.16. The third kappa shape index (κ3) is 6.50. The first-order chi connectivity index (χ1) is 16.9. The number of halogens is 2. The quantitative estimate of drug-likeness (QED) is 0.207. The van der Waals surface area contributed by atoms with Gasteiger partial charge in [0.25, 0.3) is 5.91 Å². The molecule has 3 aromatic rings. The molecule has 0 heterocycles. The number of nitrogens with one attached hydrogen (secondary N) is 1. The summed E-state index contributed by atoms with van der Waals surface area (Å²) in [6, 6.07) is 16.8. The molecule has 5 nitrogen and oxygen atoms in total. The van der Waals surface area contributed by atoms with Gasteiger partial charge >= 0.3 is 0 Å². The summed E-state index contributed by atoms with van der Waals surface area (Å²) in [4.78, 5) is 12.7. The molecule has 7 heteroatoms. The van der Waals surface area contributed by atoms with E-state index in [1.165, 1.54) is 19.3 Å². The van der Waals surface area contributed by atoms with E-state index in [9.17, 15) is 14.4 Å². The highest BCUT2D eigenvalue weighted by molar-refractivity contribution is 6.31. The topological polar surface area (TPSA) is 71.4 Å². The number of rotatable bonds is 9. The van der Waals surface area contributed by atoms with Crippen LogP contribution >= 0.6 is 11.6 Å². The molecule has 1 amide bonds. The molecule has 0 radical (unpaired) electrons. The second-order valence-electron chi connectivity index (χ2n) is 7.67. The maximum absolute atomic E-state index is 14.0. The number of carbonyl (C=O) groups is 1. The minimum absolute atomic E-state index is 0.00727. The van der Waals surface area contributed by atoms with Crippen LogP contribution in [0.2, 0.25) is 5.02 Å². The molecule has 3 aromatic carbocycles. The van der Waals surface area contributed by atoms with Crippen LogP contribution in [-0.2, 0) is 17.8 Å². The summed E-state index contributed by atoms with van der Waals surface area (Å²) in [6.07, 6.45) is 3.58. The molecule has 0 spiro atoms. The van der Waals surface area contributed by atoms with E-state index in [1.54, 1.807) is 54.6 Å². The number of nitrogens with zero attached hydrogens (tertiary/aromatic N) is 1. The van der Waals surface area contributed by atoms with Crippen LogP contribution in [-0.4, -0.2) is 13.0 Å². The maximum Gasteiger partial charge on any atom is 0.266 e. The Morgan fingerprint density at radius 3 is 2.63 bits per heavy atom. The average Bonchev–Trinajstić information content (AvgIpc) is 2.84. The Labute approximate surface area is 209 Å². The zero-order valence-corrected chi connectivity index (χ0v) is 20.2. The van der Waals surface area contributed by atoms with E-state index in [-0.39, 0.29) is 18.0 Å². The zero-order valence-electron chi connectivity index (χ0n) is 19.4. The summed E-state index contributed by atoms with van der Waals surface area (Å²) in [5.41, 5.74) is 2.93. The molecule has 0 aliphatic heterocycles. The van der Waals surface area contributed by atoms with Crippen molar-refractivity contribution in [3.8, 4) is 17.6 Å². The van der Waals surface area contributed by atoms with Crippen LogP contribution in [0.5, 0.6) is 11.5 Å². The molecule has 1 N–H and O–H groups in total. The second-order valence-corrected chi connectivity index (χ2v) is 8.08. The van der Waals surface area contributed by atoms with Crippen molar-refractivity contribution in [2.75, 3.05) is 12.4 Å². The summed E-state index contributed by atoms with van der Waals surface area (Å²) in [6.45, 7) is 5.64. The van der Waals surface area contributed by atoms with E-state index >= 15 is 0 Å². The van der Waals surface area contributed by atoms with Crippen molar-refractivity contribution < 1.29 is 18.7 Å². The van der Waals surface area contributed by atoms with Crippen LogP contribution in [0.15, 0.2) is 72.8 Å². The number of aryl methyl sites for hydroxylation is 1. The van der Waals surface area contributed by atoms with Crippen LogP contribution < -0.4 is 14.8 Å². The van der Waals surface area contributed by atoms with Gasteiger partial charge in [-0.05, 0) is 60.9 Å². The first kappa shape index (κ1) is 25.5. The Hall–Kier alpha value is -4.08. The molecule has 0 aliphatic rings. The number of nitriles is 1. The van der Waals surface area contributed by atoms with Crippen molar-refractivity contribution in [2.45, 2.75) is 20.0 Å². The van der Waals surface area contributed by atoms with Crippen molar-refractivity contribution >= 4 is 29.3 Å². The summed E-state index contributed by atoms with van der Waals surface area (Å²) < 4.78 is 25.5. The highest BCUT2D eigenvalue weighted by Gasteiger charge is 2.16. The first-order valence-corrected chi connectivity index (χ1v) is 11.1. The molecule has 0 saturated heterocycles. The Morgan fingerprint density at radius 1 is 1.20 bits per heavy atom. The summed E-state index contributed by atoms with van der Waals surface area (Å²) in [7, 11) is 1.48. The van der Waals surface area contributed by atoms with Gasteiger partial charge in [0.1, 0.15) is 24.1 Å². The lowest BCUT2D eigenvalue weighted by atomic mass is 10.0. The molecular formula is C28H24ClFN2O3. The van der Waals surface area contributed by atoms with E-state index in [0.29, 0.717) is 45.3 Å². The average molecular weight is 491 g/mol. The summed E-state index contributed by atoms with van der Waals surface area (Å²) in [5.74, 6) is -0.118. The van der Waals surface area contributed by atoms with Gasteiger partial charge in [0, 0.05) is 21.8 Å². The minimum atomic E-state index is -0.573. The highest BCUT2D eigenvalue weighted by Crippen LogP contribution is 2.35. The SMILES string of the molecule is C=CCc1cc(/C=C(/C#N)C(=O)Nc2ccc(C)c(Cl)c2)cc(OC)c1OCc1ccccc1F. The van der Waals surface area contributed by atoms with Crippen LogP contribution in [0.4, 0.5) is 10.1 Å². The van der Waals surface area contributed by atoms with Crippen LogP contribution in [0.1, 0.15) is 22.3 Å². The molecule has 3 rings (SSSR count). The van der Waals surface area contributed by atoms with Gasteiger partial charge in [0.05, 0.1) is 7.11 Å². The standard InChI is InChI=1S/C28H24ClFN2O3/c1-4-7-20-12-19(13-22(16-31)28(33)32-23-11-10-18(2)24(29)15-23)14-26(34-3)27(20)35-17-21-8-5-6-9-25(21)30/h4-6,8-15H,1,7,17H2,2-3H3,(H,32,33)/b22-13-. The predicted molar refractivity (Wildman–Crippen MR) is 136 cm³/mol. The largest absolute Gasteiger partial charge is 0.493 e. The molecule has 178 valence electrons. The van der Waals surface area contributed by atoms with Crippen molar-refractivity contribution in [3.63, 3.8) is 0 Å². The monoisotopic (exact) mass is 490 g/mol. The number of benzene rings is 3. The van der Waals surface area contributed by atoms with Gasteiger partial charge in [0.2, 0.25) is 0 Å². The highest BCUT2D eigenvalue weighted by atomic mass is 35.5. The first-order valence-electron chi connectivity index (χ1n) is 10.7. The normalized spacial score (nSPS) is 10.9. The van der Waals surface area contributed by atoms with Crippen LogP contribution in [0, 0.1) is 24.1 Å². The van der Waals surface area contributed by atoms with E-state index in [4.69, 9.17) is 21.1 Å².